The summed E-state index contributed by atoms with van der Waals surface area (Å²) in [5, 5.41) is 12.5. The molecule has 0 atom stereocenters. The Kier molecular flexibility index (Phi) is 4.53. The van der Waals surface area contributed by atoms with Gasteiger partial charge in [0.1, 0.15) is 10.6 Å². The van der Waals surface area contributed by atoms with Crippen LogP contribution in [-0.2, 0) is 0 Å². The van der Waals surface area contributed by atoms with E-state index in [-0.39, 0.29) is 11.9 Å². The van der Waals surface area contributed by atoms with E-state index >= 15 is 0 Å². The highest BCUT2D eigenvalue weighted by atomic mass is 35.5. The second-order valence-corrected chi connectivity index (χ2v) is 6.79. The van der Waals surface area contributed by atoms with Gasteiger partial charge in [-0.2, -0.15) is 4.98 Å². The number of fused-ring (bicyclic) bond motifs is 1. The van der Waals surface area contributed by atoms with Crippen molar-refractivity contribution >= 4 is 39.0 Å². The lowest BCUT2D eigenvalue weighted by Gasteiger charge is -2.18. The predicted octanol–water partition coefficient (Wildman–Crippen LogP) is 4.06. The maximum Gasteiger partial charge on any atom is 0.225 e. The van der Waals surface area contributed by atoms with E-state index in [1.165, 1.54) is 11.1 Å². The second kappa shape index (κ2) is 6.43. The number of anilines is 1. The summed E-state index contributed by atoms with van der Waals surface area (Å²) in [6.45, 7) is 4.76. The van der Waals surface area contributed by atoms with Crippen LogP contribution in [0.2, 0.25) is 5.28 Å². The van der Waals surface area contributed by atoms with Gasteiger partial charge in [0.2, 0.25) is 5.28 Å². The maximum atomic E-state index is 9.23. The van der Waals surface area contributed by atoms with Gasteiger partial charge in [0.05, 0.1) is 12.0 Å². The van der Waals surface area contributed by atoms with Crippen LogP contribution in [0.5, 0.6) is 0 Å². The molecule has 0 aliphatic carbocycles. The first kappa shape index (κ1) is 16.2. The number of likely N-dealkylation sites (N-methyl/N-ethyl adjacent to an activating group) is 1. The van der Waals surface area contributed by atoms with Gasteiger partial charge in [0.15, 0.2) is 0 Å². The molecule has 0 unspecified atom stereocenters. The number of halogens is 1. The molecule has 0 fully saturated rings. The summed E-state index contributed by atoms with van der Waals surface area (Å²) in [6.07, 6.45) is 0. The minimum absolute atomic E-state index is 0.0583. The summed E-state index contributed by atoms with van der Waals surface area (Å²) >= 11 is 7.62. The summed E-state index contributed by atoms with van der Waals surface area (Å²) in [6, 6.07) is 6.43. The number of aliphatic hydroxyl groups is 1. The summed E-state index contributed by atoms with van der Waals surface area (Å²) in [5.74, 6) is 0.753. The molecular weight excluding hydrogens is 330 g/mol. The first-order chi connectivity index (χ1) is 11.0. The number of aliphatic hydroxyl groups excluding tert-OH is 1. The standard InChI is InChI=1S/C17H18ClN3OS/c1-10-4-5-12(8-11(10)2)13-9-23-16-14(13)15(19-17(18)20-16)21(3)6-7-22/h4-5,8-9,22H,6-7H2,1-3H3. The Hall–Kier alpha value is -1.69. The Morgan fingerprint density at radius 2 is 2.00 bits per heavy atom. The number of aryl methyl sites for hydroxylation is 2. The molecule has 2 heterocycles. The third kappa shape index (κ3) is 3.04. The Labute approximate surface area is 144 Å². The van der Waals surface area contributed by atoms with Crippen LogP contribution in [0.1, 0.15) is 11.1 Å². The Morgan fingerprint density at radius 1 is 1.22 bits per heavy atom. The third-order valence-electron chi connectivity index (χ3n) is 4.00. The molecule has 1 N–H and O–H groups in total. The normalized spacial score (nSPS) is 11.2. The molecular formula is C17H18ClN3OS. The van der Waals surface area contributed by atoms with Crippen LogP contribution >= 0.6 is 22.9 Å². The fourth-order valence-electron chi connectivity index (χ4n) is 2.55. The molecule has 0 saturated heterocycles. The number of aromatic nitrogens is 2. The molecule has 3 rings (SSSR count). The average molecular weight is 348 g/mol. The van der Waals surface area contributed by atoms with Crippen LogP contribution in [0, 0.1) is 13.8 Å². The van der Waals surface area contributed by atoms with Crippen molar-refractivity contribution in [2.45, 2.75) is 13.8 Å². The summed E-state index contributed by atoms with van der Waals surface area (Å²) in [7, 11) is 1.90. The molecule has 0 saturated carbocycles. The lowest BCUT2D eigenvalue weighted by molar-refractivity contribution is 0.304. The number of hydrogen-bond acceptors (Lipinski definition) is 5. The molecule has 0 amide bonds. The Bertz CT molecular complexity index is 862. The molecule has 2 aromatic heterocycles. The van der Waals surface area contributed by atoms with E-state index in [1.54, 1.807) is 11.3 Å². The second-order valence-electron chi connectivity index (χ2n) is 5.59. The molecule has 6 heteroatoms. The summed E-state index contributed by atoms with van der Waals surface area (Å²) < 4.78 is 0. The van der Waals surface area contributed by atoms with Crippen LogP contribution in [0.4, 0.5) is 5.82 Å². The van der Waals surface area contributed by atoms with Gasteiger partial charge in [-0.1, -0.05) is 18.2 Å². The van der Waals surface area contributed by atoms with Crippen molar-refractivity contribution in [3.63, 3.8) is 0 Å². The van der Waals surface area contributed by atoms with E-state index in [2.05, 4.69) is 47.4 Å². The molecule has 0 aliphatic rings. The minimum atomic E-state index is 0.0583. The van der Waals surface area contributed by atoms with Gasteiger partial charge < -0.3 is 10.0 Å². The molecule has 1 aromatic carbocycles. The van der Waals surface area contributed by atoms with Gasteiger partial charge in [0, 0.05) is 24.5 Å². The van der Waals surface area contributed by atoms with E-state index in [1.807, 2.05) is 11.9 Å². The fraction of sp³-hybridized carbons (Fsp3) is 0.294. The molecule has 120 valence electrons. The highest BCUT2D eigenvalue weighted by molar-refractivity contribution is 7.17. The summed E-state index contributed by atoms with van der Waals surface area (Å²) in [4.78, 5) is 11.5. The van der Waals surface area contributed by atoms with Crippen molar-refractivity contribution in [2.24, 2.45) is 0 Å². The third-order valence-corrected chi connectivity index (χ3v) is 5.04. The van der Waals surface area contributed by atoms with Crippen LogP contribution in [0.25, 0.3) is 21.3 Å². The maximum absolute atomic E-state index is 9.23. The topological polar surface area (TPSA) is 49.2 Å². The van der Waals surface area contributed by atoms with Crippen molar-refractivity contribution in [3.05, 3.63) is 40.0 Å². The predicted molar refractivity (Wildman–Crippen MR) is 97.7 cm³/mol. The van der Waals surface area contributed by atoms with E-state index in [9.17, 15) is 5.11 Å². The quantitative estimate of drug-likeness (QED) is 0.723. The van der Waals surface area contributed by atoms with Crippen molar-refractivity contribution < 1.29 is 5.11 Å². The Morgan fingerprint density at radius 3 is 2.70 bits per heavy atom. The van der Waals surface area contributed by atoms with Crippen molar-refractivity contribution in [2.75, 3.05) is 25.1 Å². The van der Waals surface area contributed by atoms with Crippen LogP contribution < -0.4 is 4.90 Å². The van der Waals surface area contributed by atoms with Gasteiger partial charge in [-0.25, -0.2) is 4.98 Å². The largest absolute Gasteiger partial charge is 0.395 e. The van der Waals surface area contributed by atoms with Gasteiger partial charge in [-0.15, -0.1) is 11.3 Å². The van der Waals surface area contributed by atoms with Crippen molar-refractivity contribution in [1.82, 2.24) is 9.97 Å². The lowest BCUT2D eigenvalue weighted by atomic mass is 10.0. The number of nitrogens with zero attached hydrogens (tertiary/aromatic N) is 3. The highest BCUT2D eigenvalue weighted by Gasteiger charge is 2.17. The zero-order chi connectivity index (χ0) is 16.6. The highest BCUT2D eigenvalue weighted by Crippen LogP contribution is 2.39. The molecule has 4 nitrogen and oxygen atoms in total. The van der Waals surface area contributed by atoms with Gasteiger partial charge in [-0.3, -0.25) is 0 Å². The molecule has 0 aliphatic heterocycles. The van der Waals surface area contributed by atoms with Crippen LogP contribution in [0.3, 0.4) is 0 Å². The number of benzene rings is 1. The smallest absolute Gasteiger partial charge is 0.225 e. The average Bonchev–Trinajstić information content (AvgIpc) is 2.93. The van der Waals surface area contributed by atoms with Gasteiger partial charge >= 0.3 is 0 Å². The molecule has 0 radical (unpaired) electrons. The van der Waals surface area contributed by atoms with Gasteiger partial charge in [-0.05, 0) is 42.1 Å². The van der Waals surface area contributed by atoms with Crippen LogP contribution in [0.15, 0.2) is 23.6 Å². The number of thiophene rings is 1. The van der Waals surface area contributed by atoms with E-state index in [4.69, 9.17) is 11.6 Å². The molecule has 23 heavy (non-hydrogen) atoms. The molecule has 3 aromatic rings. The zero-order valence-corrected chi connectivity index (χ0v) is 14.9. The van der Waals surface area contributed by atoms with E-state index in [0.717, 1.165) is 27.2 Å². The minimum Gasteiger partial charge on any atom is -0.395 e. The first-order valence-electron chi connectivity index (χ1n) is 7.35. The van der Waals surface area contributed by atoms with E-state index < -0.39 is 0 Å². The number of hydrogen-bond donors (Lipinski definition) is 1. The number of rotatable bonds is 4. The first-order valence-corrected chi connectivity index (χ1v) is 8.61. The van der Waals surface area contributed by atoms with Crippen molar-refractivity contribution in [1.29, 1.82) is 0 Å². The van der Waals surface area contributed by atoms with Crippen molar-refractivity contribution in [3.8, 4) is 11.1 Å². The fourth-order valence-corrected chi connectivity index (χ4v) is 3.71. The zero-order valence-electron chi connectivity index (χ0n) is 13.3. The molecule has 0 bridgehead atoms. The Balaban J connectivity index is 2.23. The van der Waals surface area contributed by atoms with Crippen LogP contribution in [-0.4, -0.2) is 35.3 Å². The molecule has 0 spiro atoms. The van der Waals surface area contributed by atoms with E-state index in [0.29, 0.717) is 6.54 Å². The van der Waals surface area contributed by atoms with Gasteiger partial charge in [0.25, 0.3) is 0 Å². The lowest BCUT2D eigenvalue weighted by Crippen LogP contribution is -2.22. The SMILES string of the molecule is Cc1ccc(-c2csc3nc(Cl)nc(N(C)CCO)c23)cc1C. The summed E-state index contributed by atoms with van der Waals surface area (Å²) in [5.41, 5.74) is 4.76. The monoisotopic (exact) mass is 347 g/mol.